The summed E-state index contributed by atoms with van der Waals surface area (Å²) in [5, 5.41) is 0. The zero-order valence-corrected chi connectivity index (χ0v) is 11.3. The third-order valence-corrected chi connectivity index (χ3v) is 3.98. The fraction of sp³-hybridized carbons (Fsp3) is 0.462. The monoisotopic (exact) mass is 300 g/mol. The molecular weight excluding hydrogens is 287 g/mol. The topological polar surface area (TPSA) is 26.3 Å². The number of hydrogen-bond acceptors (Lipinski definition) is 2. The third kappa shape index (κ3) is 1.88. The molecule has 0 spiro atoms. The van der Waals surface area contributed by atoms with Gasteiger partial charge in [0.15, 0.2) is 0 Å². The van der Waals surface area contributed by atoms with E-state index in [2.05, 4.69) is 20.7 Å². The summed E-state index contributed by atoms with van der Waals surface area (Å²) in [6.45, 7) is 1.89. The Morgan fingerprint density at radius 2 is 2.06 bits per heavy atom. The van der Waals surface area contributed by atoms with Crippen LogP contribution in [-0.2, 0) is 9.53 Å². The number of rotatable bonds is 3. The zero-order valence-electron chi connectivity index (χ0n) is 9.74. The second-order valence-electron chi connectivity index (χ2n) is 4.30. The smallest absolute Gasteiger partial charge is 0.344 e. The van der Waals surface area contributed by atoms with Crippen molar-refractivity contribution in [2.75, 3.05) is 7.11 Å². The molecule has 1 aliphatic rings. The lowest BCUT2D eigenvalue weighted by Crippen LogP contribution is -2.22. The van der Waals surface area contributed by atoms with Crippen LogP contribution in [-0.4, -0.2) is 18.7 Å². The molecule has 1 aromatic rings. The molecule has 0 aliphatic heterocycles. The van der Waals surface area contributed by atoms with Gasteiger partial charge >= 0.3 is 5.97 Å². The SMILES string of the molecule is CCC1C(c2ccc(Br)cc2)C1(F)C(=O)OC. The van der Waals surface area contributed by atoms with Crippen molar-refractivity contribution < 1.29 is 13.9 Å². The number of carbonyl (C=O) groups is 1. The van der Waals surface area contributed by atoms with Gasteiger partial charge in [-0.15, -0.1) is 0 Å². The summed E-state index contributed by atoms with van der Waals surface area (Å²) >= 11 is 3.33. The third-order valence-electron chi connectivity index (χ3n) is 3.45. The highest BCUT2D eigenvalue weighted by molar-refractivity contribution is 9.10. The first-order valence-electron chi connectivity index (χ1n) is 5.58. The van der Waals surface area contributed by atoms with E-state index in [-0.39, 0.29) is 11.8 Å². The number of halogens is 2. The van der Waals surface area contributed by atoms with Gasteiger partial charge in [-0.05, 0) is 24.1 Å². The maximum absolute atomic E-state index is 14.5. The Balaban J connectivity index is 2.28. The van der Waals surface area contributed by atoms with Crippen molar-refractivity contribution in [3.05, 3.63) is 34.3 Å². The lowest BCUT2D eigenvalue weighted by molar-refractivity contribution is -0.149. The molecule has 0 aromatic heterocycles. The van der Waals surface area contributed by atoms with E-state index < -0.39 is 11.6 Å². The lowest BCUT2D eigenvalue weighted by Gasteiger charge is -2.05. The Bertz CT molecular complexity index is 432. The summed E-state index contributed by atoms with van der Waals surface area (Å²) in [5.41, 5.74) is -0.981. The summed E-state index contributed by atoms with van der Waals surface area (Å²) in [6, 6.07) is 7.42. The number of hydrogen-bond donors (Lipinski definition) is 0. The Morgan fingerprint density at radius 3 is 2.53 bits per heavy atom. The molecule has 1 saturated carbocycles. The maximum Gasteiger partial charge on any atom is 0.344 e. The fourth-order valence-corrected chi connectivity index (χ4v) is 2.80. The molecule has 0 amide bonds. The van der Waals surface area contributed by atoms with E-state index in [1.54, 1.807) is 0 Å². The van der Waals surface area contributed by atoms with Crippen LogP contribution in [0.5, 0.6) is 0 Å². The molecular formula is C13H14BrFO2. The molecule has 1 fully saturated rings. The van der Waals surface area contributed by atoms with Gasteiger partial charge in [-0.3, -0.25) is 0 Å². The van der Waals surface area contributed by atoms with Crippen LogP contribution in [0.2, 0.25) is 0 Å². The summed E-state index contributed by atoms with van der Waals surface area (Å²) in [6.07, 6.45) is 0.631. The van der Waals surface area contributed by atoms with Crippen molar-refractivity contribution in [1.29, 1.82) is 0 Å². The quantitative estimate of drug-likeness (QED) is 0.799. The molecule has 0 saturated heterocycles. The van der Waals surface area contributed by atoms with Gasteiger partial charge in [0.25, 0.3) is 0 Å². The largest absolute Gasteiger partial charge is 0.467 e. The highest BCUT2D eigenvalue weighted by Crippen LogP contribution is 2.62. The summed E-state index contributed by atoms with van der Waals surface area (Å²) < 4.78 is 20.0. The van der Waals surface area contributed by atoms with Crippen LogP contribution in [0.15, 0.2) is 28.7 Å². The van der Waals surface area contributed by atoms with Crippen LogP contribution >= 0.6 is 15.9 Å². The summed E-state index contributed by atoms with van der Waals surface area (Å²) in [4.78, 5) is 11.5. The predicted octanol–water partition coefficient (Wildman–Crippen LogP) is 3.45. The Labute approximate surface area is 108 Å². The number of ether oxygens (including phenoxy) is 1. The predicted molar refractivity (Wildman–Crippen MR) is 66.5 cm³/mol. The highest BCUT2D eigenvalue weighted by Gasteiger charge is 2.71. The van der Waals surface area contributed by atoms with Crippen molar-refractivity contribution in [3.63, 3.8) is 0 Å². The molecule has 4 heteroatoms. The van der Waals surface area contributed by atoms with Gasteiger partial charge in [0.2, 0.25) is 5.67 Å². The standard InChI is InChI=1S/C13H14BrFO2/c1-3-10-11(13(10,15)12(16)17-2)8-4-6-9(14)7-5-8/h4-7,10-11H,3H2,1-2H3. The molecule has 0 N–H and O–H groups in total. The average Bonchev–Trinajstić information content (AvgIpc) is 2.96. The van der Waals surface area contributed by atoms with Crippen molar-refractivity contribution >= 4 is 21.9 Å². The molecule has 2 nitrogen and oxygen atoms in total. The number of alkyl halides is 1. The van der Waals surface area contributed by atoms with Gasteiger partial charge in [-0.25, -0.2) is 9.18 Å². The molecule has 2 rings (SSSR count). The number of esters is 1. The summed E-state index contributed by atoms with van der Waals surface area (Å²) in [5.74, 6) is -1.39. The first-order chi connectivity index (χ1) is 8.05. The Kier molecular flexibility index (Phi) is 3.25. The van der Waals surface area contributed by atoms with Crippen molar-refractivity contribution in [1.82, 2.24) is 0 Å². The molecule has 3 atom stereocenters. The molecule has 1 aliphatic carbocycles. The van der Waals surface area contributed by atoms with Gasteiger partial charge in [-0.2, -0.15) is 0 Å². The van der Waals surface area contributed by atoms with E-state index in [1.807, 2.05) is 31.2 Å². The average molecular weight is 301 g/mol. The number of carbonyl (C=O) groups excluding carboxylic acids is 1. The normalized spacial score (nSPS) is 31.1. The van der Waals surface area contributed by atoms with E-state index in [0.717, 1.165) is 10.0 Å². The van der Waals surface area contributed by atoms with Crippen molar-refractivity contribution in [2.45, 2.75) is 24.9 Å². The molecule has 0 bridgehead atoms. The number of methoxy groups -OCH3 is 1. The van der Waals surface area contributed by atoms with Crippen LogP contribution < -0.4 is 0 Å². The molecule has 17 heavy (non-hydrogen) atoms. The van der Waals surface area contributed by atoms with Crippen molar-refractivity contribution in [3.8, 4) is 0 Å². The zero-order chi connectivity index (χ0) is 12.6. The highest BCUT2D eigenvalue weighted by atomic mass is 79.9. The van der Waals surface area contributed by atoms with E-state index in [0.29, 0.717) is 6.42 Å². The minimum Gasteiger partial charge on any atom is -0.467 e. The van der Waals surface area contributed by atoms with Crippen LogP contribution in [0.25, 0.3) is 0 Å². The van der Waals surface area contributed by atoms with Gasteiger partial charge in [-0.1, -0.05) is 35.0 Å². The summed E-state index contributed by atoms with van der Waals surface area (Å²) in [7, 11) is 1.23. The molecule has 0 heterocycles. The minimum absolute atomic E-state index is 0.267. The molecule has 0 radical (unpaired) electrons. The van der Waals surface area contributed by atoms with Gasteiger partial charge in [0.1, 0.15) is 0 Å². The molecule has 92 valence electrons. The Morgan fingerprint density at radius 1 is 1.47 bits per heavy atom. The maximum atomic E-state index is 14.5. The van der Waals surface area contributed by atoms with E-state index in [4.69, 9.17) is 0 Å². The minimum atomic E-state index is -1.84. The van der Waals surface area contributed by atoms with Gasteiger partial charge < -0.3 is 4.74 Å². The van der Waals surface area contributed by atoms with Crippen LogP contribution in [0.1, 0.15) is 24.8 Å². The molecule has 1 aromatic carbocycles. The van der Waals surface area contributed by atoms with Gasteiger partial charge in [0, 0.05) is 16.3 Å². The lowest BCUT2D eigenvalue weighted by atomic mass is 10.1. The van der Waals surface area contributed by atoms with Crippen LogP contribution in [0.4, 0.5) is 4.39 Å². The van der Waals surface area contributed by atoms with E-state index in [9.17, 15) is 9.18 Å². The van der Waals surface area contributed by atoms with Crippen LogP contribution in [0.3, 0.4) is 0 Å². The van der Waals surface area contributed by atoms with E-state index >= 15 is 0 Å². The second kappa shape index (κ2) is 4.41. The van der Waals surface area contributed by atoms with Crippen LogP contribution in [0, 0.1) is 5.92 Å². The first kappa shape index (κ1) is 12.6. The second-order valence-corrected chi connectivity index (χ2v) is 5.22. The van der Waals surface area contributed by atoms with E-state index in [1.165, 1.54) is 7.11 Å². The van der Waals surface area contributed by atoms with Gasteiger partial charge in [0.05, 0.1) is 7.11 Å². The Hall–Kier alpha value is -0.900. The first-order valence-corrected chi connectivity index (χ1v) is 6.37. The molecule has 3 unspecified atom stereocenters. The van der Waals surface area contributed by atoms with Crippen molar-refractivity contribution in [2.24, 2.45) is 5.92 Å². The fourth-order valence-electron chi connectivity index (χ4n) is 2.54. The number of benzene rings is 1.